The number of carbonyl (C=O) groups excluding carboxylic acids is 2. The lowest BCUT2D eigenvalue weighted by molar-refractivity contribution is -0.137. The second-order valence-electron chi connectivity index (χ2n) is 9.35. The Morgan fingerprint density at radius 2 is 1.67 bits per heavy atom. The first-order chi connectivity index (χ1) is 19.0. The summed E-state index contributed by atoms with van der Waals surface area (Å²) in [7, 11) is 1.63. The van der Waals surface area contributed by atoms with Crippen LogP contribution in [0.2, 0.25) is 0 Å². The minimum absolute atomic E-state index is 0.0436. The van der Waals surface area contributed by atoms with E-state index >= 15 is 0 Å². The number of rotatable bonds is 9. The van der Waals surface area contributed by atoms with E-state index in [1.165, 1.54) is 41.5 Å². The largest absolute Gasteiger partial charge is 0.497 e. The molecular formula is C29H28FN5O4. The van der Waals surface area contributed by atoms with Crippen LogP contribution in [-0.2, 0) is 22.6 Å². The lowest BCUT2D eigenvalue weighted by Gasteiger charge is -2.23. The summed E-state index contributed by atoms with van der Waals surface area (Å²) in [4.78, 5) is 29.5. The van der Waals surface area contributed by atoms with Gasteiger partial charge in [0.2, 0.25) is 11.8 Å². The van der Waals surface area contributed by atoms with E-state index in [4.69, 9.17) is 9.47 Å². The predicted molar refractivity (Wildman–Crippen MR) is 142 cm³/mol. The maximum Gasteiger partial charge on any atom is 0.247 e. The van der Waals surface area contributed by atoms with E-state index in [1.54, 1.807) is 36.3 Å². The van der Waals surface area contributed by atoms with Crippen molar-refractivity contribution in [2.45, 2.75) is 25.4 Å². The third-order valence-corrected chi connectivity index (χ3v) is 6.58. The Hall–Kier alpha value is -4.73. The van der Waals surface area contributed by atoms with Crippen molar-refractivity contribution in [3.8, 4) is 17.2 Å². The molecule has 0 saturated carbocycles. The molecule has 1 aliphatic heterocycles. The number of anilines is 1. The van der Waals surface area contributed by atoms with Gasteiger partial charge < -0.3 is 19.7 Å². The number of methoxy groups -OCH3 is 1. The number of hydrogen-bond donors (Lipinski definition) is 1. The number of amides is 2. The second kappa shape index (κ2) is 11.8. The highest BCUT2D eigenvalue weighted by atomic mass is 19.1. The molecule has 4 aromatic rings. The highest BCUT2D eigenvalue weighted by Crippen LogP contribution is 2.29. The highest BCUT2D eigenvalue weighted by Gasteiger charge is 2.39. The Balaban J connectivity index is 1.27. The SMILES string of the molecule is COc1cccc(C[C@@H]2C[C@@H](C(=O)Nc3ccc(Oc4ccc(F)cc4)cc3)N(C(=O)Cn3nccn3)C2)c1. The van der Waals surface area contributed by atoms with E-state index in [0.29, 0.717) is 36.6 Å². The molecule has 0 aliphatic carbocycles. The van der Waals surface area contributed by atoms with Gasteiger partial charge in [0, 0.05) is 12.2 Å². The molecule has 0 radical (unpaired) electrons. The van der Waals surface area contributed by atoms with E-state index in [9.17, 15) is 14.0 Å². The van der Waals surface area contributed by atoms with Gasteiger partial charge in [-0.05, 0) is 85.0 Å². The number of halogens is 1. The Morgan fingerprint density at radius 1 is 0.974 bits per heavy atom. The Kier molecular flexibility index (Phi) is 7.81. The summed E-state index contributed by atoms with van der Waals surface area (Å²) in [6, 6.07) is 19.8. The van der Waals surface area contributed by atoms with E-state index in [2.05, 4.69) is 15.5 Å². The number of benzene rings is 3. The number of hydrogen-bond acceptors (Lipinski definition) is 6. The van der Waals surface area contributed by atoms with Gasteiger partial charge in [0.25, 0.3) is 0 Å². The summed E-state index contributed by atoms with van der Waals surface area (Å²) in [5.41, 5.74) is 1.65. The molecular weight excluding hydrogens is 501 g/mol. The van der Waals surface area contributed by atoms with Gasteiger partial charge in [-0.1, -0.05) is 12.1 Å². The fourth-order valence-electron chi connectivity index (χ4n) is 4.74. The molecule has 0 unspecified atom stereocenters. The summed E-state index contributed by atoms with van der Waals surface area (Å²) in [5, 5.41) is 11.0. The van der Waals surface area contributed by atoms with E-state index in [1.807, 2.05) is 24.3 Å². The van der Waals surface area contributed by atoms with Crippen molar-refractivity contribution in [3.63, 3.8) is 0 Å². The number of nitrogens with one attached hydrogen (secondary N) is 1. The Labute approximate surface area is 225 Å². The van der Waals surface area contributed by atoms with Crippen LogP contribution >= 0.6 is 0 Å². The molecule has 3 aromatic carbocycles. The van der Waals surface area contributed by atoms with Crippen LogP contribution in [0.15, 0.2) is 85.2 Å². The molecule has 1 aromatic heterocycles. The van der Waals surface area contributed by atoms with Crippen LogP contribution < -0.4 is 14.8 Å². The van der Waals surface area contributed by atoms with E-state index < -0.39 is 6.04 Å². The minimum atomic E-state index is -0.640. The molecule has 200 valence electrons. The standard InChI is InChI=1S/C29H28FN5O4/c1-38-26-4-2-3-20(16-26)15-21-17-27(34(18-21)28(36)19-35-31-13-14-32-35)29(37)33-23-7-11-25(12-8-23)39-24-9-5-22(30)6-10-24/h2-14,16,21,27H,15,17-19H2,1H3,(H,33,37)/t21-,27+/m1/s1. The summed E-state index contributed by atoms with van der Waals surface area (Å²) < 4.78 is 24.2. The van der Waals surface area contributed by atoms with Crippen LogP contribution in [0.3, 0.4) is 0 Å². The molecule has 1 saturated heterocycles. The molecule has 1 aliphatic rings. The van der Waals surface area contributed by atoms with Gasteiger partial charge in [-0.25, -0.2) is 4.39 Å². The van der Waals surface area contributed by atoms with Crippen molar-refractivity contribution in [2.24, 2.45) is 5.92 Å². The zero-order chi connectivity index (χ0) is 27.2. The Bertz CT molecular complexity index is 1410. The first-order valence-electron chi connectivity index (χ1n) is 12.6. The highest BCUT2D eigenvalue weighted by molar-refractivity contribution is 5.97. The van der Waals surface area contributed by atoms with Crippen LogP contribution in [0, 0.1) is 11.7 Å². The third-order valence-electron chi connectivity index (χ3n) is 6.58. The van der Waals surface area contributed by atoms with E-state index in [0.717, 1.165) is 11.3 Å². The monoisotopic (exact) mass is 529 g/mol. The smallest absolute Gasteiger partial charge is 0.247 e. The van der Waals surface area contributed by atoms with E-state index in [-0.39, 0.29) is 30.1 Å². The van der Waals surface area contributed by atoms with Gasteiger partial charge in [-0.2, -0.15) is 15.0 Å². The molecule has 39 heavy (non-hydrogen) atoms. The van der Waals surface area contributed by atoms with Crippen molar-refractivity contribution in [1.82, 2.24) is 19.9 Å². The normalized spacial score (nSPS) is 16.6. The molecule has 5 rings (SSSR count). The van der Waals surface area contributed by atoms with Gasteiger partial charge in [0.15, 0.2) is 0 Å². The topological polar surface area (TPSA) is 98.6 Å². The molecule has 0 spiro atoms. The summed E-state index contributed by atoms with van der Waals surface area (Å²) in [5.74, 6) is 1.08. The van der Waals surface area contributed by atoms with Gasteiger partial charge in [0.1, 0.15) is 35.7 Å². The van der Waals surface area contributed by atoms with Crippen LogP contribution in [0.4, 0.5) is 10.1 Å². The Morgan fingerprint density at radius 3 is 2.36 bits per heavy atom. The molecule has 10 heteroatoms. The lowest BCUT2D eigenvalue weighted by Crippen LogP contribution is -2.44. The van der Waals surface area contributed by atoms with Gasteiger partial charge >= 0.3 is 0 Å². The van der Waals surface area contributed by atoms with Crippen molar-refractivity contribution >= 4 is 17.5 Å². The maximum absolute atomic E-state index is 13.4. The van der Waals surface area contributed by atoms with Crippen molar-refractivity contribution in [1.29, 1.82) is 0 Å². The summed E-state index contributed by atoms with van der Waals surface area (Å²) in [6.07, 6.45) is 4.25. The second-order valence-corrected chi connectivity index (χ2v) is 9.35. The van der Waals surface area contributed by atoms with Gasteiger partial charge in [0.05, 0.1) is 19.5 Å². The number of nitrogens with zero attached hydrogens (tertiary/aromatic N) is 4. The molecule has 2 atom stereocenters. The fourth-order valence-corrected chi connectivity index (χ4v) is 4.74. The van der Waals surface area contributed by atoms with Crippen molar-refractivity contribution in [2.75, 3.05) is 19.0 Å². The van der Waals surface area contributed by atoms with Crippen LogP contribution in [0.25, 0.3) is 0 Å². The van der Waals surface area contributed by atoms with Crippen molar-refractivity contribution < 1.29 is 23.5 Å². The van der Waals surface area contributed by atoms with Gasteiger partial charge in [-0.15, -0.1) is 0 Å². The lowest BCUT2D eigenvalue weighted by atomic mass is 9.96. The number of carbonyl (C=O) groups is 2. The van der Waals surface area contributed by atoms with Crippen LogP contribution in [0.1, 0.15) is 12.0 Å². The predicted octanol–water partition coefficient (Wildman–Crippen LogP) is 4.32. The average molecular weight is 530 g/mol. The van der Waals surface area contributed by atoms with Crippen molar-refractivity contribution in [3.05, 3.63) is 96.6 Å². The van der Waals surface area contributed by atoms with Crippen LogP contribution in [0.5, 0.6) is 17.2 Å². The summed E-state index contributed by atoms with van der Waals surface area (Å²) in [6.45, 7) is 0.401. The number of aromatic nitrogens is 3. The molecule has 0 bridgehead atoms. The molecule has 2 heterocycles. The number of likely N-dealkylation sites (tertiary alicyclic amines) is 1. The zero-order valence-electron chi connectivity index (χ0n) is 21.4. The minimum Gasteiger partial charge on any atom is -0.497 e. The fraction of sp³-hybridized carbons (Fsp3) is 0.241. The molecule has 2 amide bonds. The third kappa shape index (κ3) is 6.59. The van der Waals surface area contributed by atoms with Crippen LogP contribution in [-0.4, -0.2) is 51.4 Å². The number of ether oxygens (including phenoxy) is 2. The first-order valence-corrected chi connectivity index (χ1v) is 12.6. The molecule has 1 fully saturated rings. The summed E-state index contributed by atoms with van der Waals surface area (Å²) >= 11 is 0. The quantitative estimate of drug-likeness (QED) is 0.347. The molecule has 1 N–H and O–H groups in total. The average Bonchev–Trinajstić information content (AvgIpc) is 3.61. The molecule has 9 nitrogen and oxygen atoms in total. The zero-order valence-corrected chi connectivity index (χ0v) is 21.4. The first kappa shape index (κ1) is 25.9. The maximum atomic E-state index is 13.4. The van der Waals surface area contributed by atoms with Gasteiger partial charge in [-0.3, -0.25) is 9.59 Å².